The maximum absolute atomic E-state index is 11.6. The van der Waals surface area contributed by atoms with E-state index in [0.29, 0.717) is 6.42 Å². The first-order valence-corrected chi connectivity index (χ1v) is 9.12. The van der Waals surface area contributed by atoms with E-state index in [1.807, 2.05) is 0 Å². The molecule has 0 rings (SSSR count). The Kier molecular flexibility index (Phi) is 16.0. The topological polar surface area (TPSA) is 97.5 Å². The molecule has 0 aliphatic carbocycles. The first-order valence-electron chi connectivity index (χ1n) is 7.62. The zero-order chi connectivity index (χ0) is 15.4. The second-order valence-corrected chi connectivity index (χ2v) is 6.88. The van der Waals surface area contributed by atoms with Crippen LogP contribution < -0.4 is 5.73 Å². The fraction of sp³-hybridized carbons (Fsp3) is 0.929. The molecule has 0 saturated carbocycles. The van der Waals surface area contributed by atoms with E-state index >= 15 is 0 Å². The van der Waals surface area contributed by atoms with Crippen molar-refractivity contribution in [3.8, 4) is 0 Å². The molecular weight excluding hydrogens is 301 g/mol. The Labute approximate surface area is 151 Å². The molecule has 122 valence electrons. The molecule has 5 nitrogen and oxygen atoms in total. The van der Waals surface area contributed by atoms with Crippen molar-refractivity contribution in [3.63, 3.8) is 0 Å². The van der Waals surface area contributed by atoms with Gasteiger partial charge in [0.1, 0.15) is 0 Å². The number of nitrogens with two attached hydrogens (primary N) is 1. The standard InChI is InChI=1S/C14H29NO4S.Na.H/c1-2-3-4-5-6-7-8-9-10-11-13(16)14(12-15)20(17,18)19;;/h14H,2-12,15H2,1H3,(H,17,18,19);;. The van der Waals surface area contributed by atoms with Gasteiger partial charge in [-0.05, 0) is 6.42 Å². The van der Waals surface area contributed by atoms with Crippen LogP contribution in [0.1, 0.15) is 71.1 Å². The summed E-state index contributed by atoms with van der Waals surface area (Å²) in [5, 5.41) is -1.45. The van der Waals surface area contributed by atoms with Gasteiger partial charge in [-0.3, -0.25) is 9.35 Å². The first kappa shape index (κ1) is 23.8. The monoisotopic (exact) mass is 331 g/mol. The Morgan fingerprint density at radius 2 is 1.43 bits per heavy atom. The van der Waals surface area contributed by atoms with Gasteiger partial charge in [-0.1, -0.05) is 58.3 Å². The van der Waals surface area contributed by atoms with E-state index in [-0.39, 0.29) is 42.5 Å². The summed E-state index contributed by atoms with van der Waals surface area (Å²) in [4.78, 5) is 11.6. The molecule has 1 unspecified atom stereocenters. The fourth-order valence-corrected chi connectivity index (χ4v) is 2.88. The summed E-state index contributed by atoms with van der Waals surface area (Å²) in [5.41, 5.74) is 5.21. The molecule has 0 saturated heterocycles. The fourth-order valence-electron chi connectivity index (χ4n) is 2.19. The van der Waals surface area contributed by atoms with Gasteiger partial charge in [0.15, 0.2) is 11.0 Å². The van der Waals surface area contributed by atoms with Gasteiger partial charge in [0, 0.05) is 13.0 Å². The summed E-state index contributed by atoms with van der Waals surface area (Å²) in [6.45, 7) is 1.84. The molecule has 7 heteroatoms. The van der Waals surface area contributed by atoms with Crippen LogP contribution in [0, 0.1) is 0 Å². The van der Waals surface area contributed by atoms with Crippen LogP contribution in [0.25, 0.3) is 0 Å². The number of carbonyl (C=O) groups excluding carboxylic acids is 1. The molecule has 0 aromatic rings. The van der Waals surface area contributed by atoms with Crippen LogP contribution in [0.15, 0.2) is 0 Å². The van der Waals surface area contributed by atoms with Crippen molar-refractivity contribution in [3.05, 3.63) is 0 Å². The Balaban J connectivity index is 0. The molecule has 0 aliphatic rings. The van der Waals surface area contributed by atoms with Gasteiger partial charge in [0.25, 0.3) is 10.1 Å². The summed E-state index contributed by atoms with van der Waals surface area (Å²) in [7, 11) is -4.35. The van der Waals surface area contributed by atoms with Gasteiger partial charge in [-0.15, -0.1) is 0 Å². The summed E-state index contributed by atoms with van der Waals surface area (Å²) in [5.74, 6) is -0.474. The Bertz CT molecular complexity index is 360. The molecule has 0 fully saturated rings. The number of Topliss-reactive ketones (excluding diaryl/α,β-unsaturated/α-hetero) is 1. The molecule has 0 aromatic carbocycles. The normalized spacial score (nSPS) is 12.7. The zero-order valence-electron chi connectivity index (χ0n) is 12.5. The summed E-state index contributed by atoms with van der Waals surface area (Å²) in [6.07, 6.45) is 10.3. The summed E-state index contributed by atoms with van der Waals surface area (Å²) in [6, 6.07) is 0. The average Bonchev–Trinajstić information content (AvgIpc) is 2.36. The molecule has 21 heavy (non-hydrogen) atoms. The van der Waals surface area contributed by atoms with E-state index in [1.165, 1.54) is 32.1 Å². The van der Waals surface area contributed by atoms with Gasteiger partial charge in [0.2, 0.25) is 0 Å². The molecule has 0 heterocycles. The van der Waals surface area contributed by atoms with Crippen LogP contribution in [0.4, 0.5) is 0 Å². The van der Waals surface area contributed by atoms with Crippen molar-refractivity contribution in [2.75, 3.05) is 6.54 Å². The zero-order valence-corrected chi connectivity index (χ0v) is 13.3. The number of hydrogen-bond donors (Lipinski definition) is 2. The maximum atomic E-state index is 11.6. The number of hydrogen-bond acceptors (Lipinski definition) is 4. The third-order valence-corrected chi connectivity index (χ3v) is 4.63. The van der Waals surface area contributed by atoms with Crippen molar-refractivity contribution in [2.24, 2.45) is 5.73 Å². The molecule has 0 aromatic heterocycles. The van der Waals surface area contributed by atoms with E-state index in [2.05, 4.69) is 6.92 Å². The van der Waals surface area contributed by atoms with E-state index in [1.54, 1.807) is 0 Å². The summed E-state index contributed by atoms with van der Waals surface area (Å²) < 4.78 is 30.7. The van der Waals surface area contributed by atoms with Crippen molar-refractivity contribution in [2.45, 2.75) is 76.4 Å². The van der Waals surface area contributed by atoms with Crippen molar-refractivity contribution < 1.29 is 17.8 Å². The first-order chi connectivity index (χ1) is 9.43. The van der Waals surface area contributed by atoms with Crippen LogP contribution in [-0.4, -0.2) is 60.1 Å². The van der Waals surface area contributed by atoms with Gasteiger partial charge in [-0.25, -0.2) is 0 Å². The van der Waals surface area contributed by atoms with Gasteiger partial charge in [-0.2, -0.15) is 8.42 Å². The van der Waals surface area contributed by atoms with E-state index in [9.17, 15) is 13.2 Å². The van der Waals surface area contributed by atoms with Crippen LogP contribution in [0.5, 0.6) is 0 Å². The molecule has 0 aliphatic heterocycles. The third-order valence-electron chi connectivity index (χ3n) is 3.46. The molecule has 1 atom stereocenters. The predicted molar refractivity (Wildman–Crippen MR) is 88.4 cm³/mol. The number of rotatable bonds is 13. The molecule has 0 bridgehead atoms. The van der Waals surface area contributed by atoms with E-state index in [4.69, 9.17) is 10.3 Å². The van der Waals surface area contributed by atoms with Gasteiger partial charge in [0.05, 0.1) is 0 Å². The minimum absolute atomic E-state index is 0. The van der Waals surface area contributed by atoms with Crippen molar-refractivity contribution in [1.82, 2.24) is 0 Å². The quantitative estimate of drug-likeness (QED) is 0.306. The minimum atomic E-state index is -4.35. The van der Waals surface area contributed by atoms with Crippen LogP contribution in [0.3, 0.4) is 0 Å². The van der Waals surface area contributed by atoms with E-state index < -0.39 is 21.2 Å². The third kappa shape index (κ3) is 12.7. The van der Waals surface area contributed by atoms with Gasteiger partial charge < -0.3 is 5.73 Å². The van der Waals surface area contributed by atoms with E-state index in [0.717, 1.165) is 19.3 Å². The Morgan fingerprint density at radius 3 is 1.81 bits per heavy atom. The molecule has 0 spiro atoms. The van der Waals surface area contributed by atoms with Gasteiger partial charge >= 0.3 is 29.6 Å². The number of unbranched alkanes of at least 4 members (excludes halogenated alkanes) is 8. The predicted octanol–water partition coefficient (Wildman–Crippen LogP) is 2.04. The van der Waals surface area contributed by atoms with Crippen molar-refractivity contribution >= 4 is 45.5 Å². The molecule has 0 amide bonds. The van der Waals surface area contributed by atoms with Crippen LogP contribution >= 0.6 is 0 Å². The second kappa shape index (κ2) is 14.2. The van der Waals surface area contributed by atoms with Crippen LogP contribution in [0.2, 0.25) is 0 Å². The van der Waals surface area contributed by atoms with Crippen LogP contribution in [-0.2, 0) is 14.9 Å². The van der Waals surface area contributed by atoms with Crippen molar-refractivity contribution in [1.29, 1.82) is 0 Å². The summed E-state index contributed by atoms with van der Waals surface area (Å²) >= 11 is 0. The number of ketones is 1. The Morgan fingerprint density at radius 1 is 1.00 bits per heavy atom. The molecule has 0 radical (unpaired) electrons. The molecule has 3 N–H and O–H groups in total. The second-order valence-electron chi connectivity index (χ2n) is 5.28. The molecular formula is C14H30NNaO4S. The SMILES string of the molecule is CCCCCCCCCCCC(=O)C(CN)S(=O)(=O)O.[NaH]. The number of carbonyl (C=O) groups is 1. The Hall–Kier alpha value is 0.540. The average molecular weight is 331 g/mol.